The predicted octanol–water partition coefficient (Wildman–Crippen LogP) is 1.20. The Hall–Kier alpha value is -1.89. The van der Waals surface area contributed by atoms with Crippen LogP contribution in [0.15, 0.2) is 12.4 Å². The molecule has 1 aromatic rings. The van der Waals surface area contributed by atoms with Crippen molar-refractivity contribution in [3.63, 3.8) is 0 Å². The largest absolute Gasteiger partial charge is 0.396 e. The summed E-state index contributed by atoms with van der Waals surface area (Å²) < 4.78 is 2.01. The standard InChI is InChI=1S/C19H30N4O3/c1-16-20-8-12-21(16)11-5-18(26)22-9-2-6-19(14-22)7-4-17(25)23(15-19)10-3-13-24/h8,12,24H,2-7,9-11,13-15H2,1H3/t19-/m0/s1. The van der Waals surface area contributed by atoms with Gasteiger partial charge in [-0.1, -0.05) is 0 Å². The Morgan fingerprint density at radius 2 is 2.15 bits per heavy atom. The van der Waals surface area contributed by atoms with Crippen LogP contribution < -0.4 is 0 Å². The molecule has 0 aromatic carbocycles. The van der Waals surface area contributed by atoms with Gasteiger partial charge in [0.05, 0.1) is 0 Å². The van der Waals surface area contributed by atoms with Crippen LogP contribution in [0, 0.1) is 12.3 Å². The number of hydrogen-bond acceptors (Lipinski definition) is 4. The van der Waals surface area contributed by atoms with Crippen LogP contribution >= 0.6 is 0 Å². The van der Waals surface area contributed by atoms with E-state index in [1.807, 2.05) is 27.5 Å². The zero-order valence-electron chi connectivity index (χ0n) is 15.7. The second-order valence-corrected chi connectivity index (χ2v) is 7.73. The first kappa shape index (κ1) is 18.9. The van der Waals surface area contributed by atoms with Gasteiger partial charge in [0.25, 0.3) is 0 Å². The van der Waals surface area contributed by atoms with E-state index in [1.54, 1.807) is 6.20 Å². The third-order valence-corrected chi connectivity index (χ3v) is 5.84. The van der Waals surface area contributed by atoms with Crippen molar-refractivity contribution in [1.82, 2.24) is 19.4 Å². The molecule has 3 heterocycles. The van der Waals surface area contributed by atoms with Crippen LogP contribution in [0.2, 0.25) is 0 Å². The third kappa shape index (κ3) is 4.26. The number of carbonyl (C=O) groups is 2. The van der Waals surface area contributed by atoms with Crippen molar-refractivity contribution in [3.05, 3.63) is 18.2 Å². The van der Waals surface area contributed by atoms with Gasteiger partial charge in [0.15, 0.2) is 0 Å². The zero-order chi connectivity index (χ0) is 18.6. The predicted molar refractivity (Wildman–Crippen MR) is 97.3 cm³/mol. The molecule has 3 rings (SSSR count). The molecule has 7 nitrogen and oxygen atoms in total. The maximum atomic E-state index is 12.7. The van der Waals surface area contributed by atoms with Crippen molar-refractivity contribution in [1.29, 1.82) is 0 Å². The van der Waals surface area contributed by atoms with E-state index in [-0.39, 0.29) is 23.8 Å². The number of imidazole rings is 1. The van der Waals surface area contributed by atoms with Gasteiger partial charge in [-0.3, -0.25) is 9.59 Å². The summed E-state index contributed by atoms with van der Waals surface area (Å²) in [7, 11) is 0. The first-order valence-electron chi connectivity index (χ1n) is 9.67. The molecule has 0 aliphatic carbocycles. The first-order valence-corrected chi connectivity index (χ1v) is 9.67. The minimum Gasteiger partial charge on any atom is -0.396 e. The molecule has 144 valence electrons. The molecule has 26 heavy (non-hydrogen) atoms. The van der Waals surface area contributed by atoms with Gasteiger partial charge in [-0.2, -0.15) is 0 Å². The van der Waals surface area contributed by atoms with Gasteiger partial charge in [0.2, 0.25) is 11.8 Å². The molecule has 2 aliphatic rings. The van der Waals surface area contributed by atoms with Gasteiger partial charge in [-0.25, -0.2) is 4.98 Å². The molecule has 2 aliphatic heterocycles. The van der Waals surface area contributed by atoms with Gasteiger partial charge in [-0.15, -0.1) is 0 Å². The number of amides is 2. The molecule has 1 atom stereocenters. The quantitative estimate of drug-likeness (QED) is 0.825. The maximum Gasteiger partial charge on any atom is 0.224 e. The van der Waals surface area contributed by atoms with Crippen LogP contribution in [-0.2, 0) is 16.1 Å². The molecule has 1 aromatic heterocycles. The Balaban J connectivity index is 1.58. The molecular formula is C19H30N4O3. The topological polar surface area (TPSA) is 78.7 Å². The highest BCUT2D eigenvalue weighted by Crippen LogP contribution is 2.39. The smallest absolute Gasteiger partial charge is 0.224 e. The molecule has 0 saturated carbocycles. The number of aryl methyl sites for hydroxylation is 2. The summed E-state index contributed by atoms with van der Waals surface area (Å²) in [6.45, 7) is 5.61. The van der Waals surface area contributed by atoms with Gasteiger partial charge in [0.1, 0.15) is 5.82 Å². The van der Waals surface area contributed by atoms with Gasteiger partial charge in [0, 0.05) is 70.0 Å². The van der Waals surface area contributed by atoms with Gasteiger partial charge < -0.3 is 19.5 Å². The highest BCUT2D eigenvalue weighted by Gasteiger charge is 2.42. The maximum absolute atomic E-state index is 12.7. The Kier molecular flexibility index (Phi) is 5.96. The normalized spacial score (nSPS) is 23.7. The Morgan fingerprint density at radius 3 is 2.88 bits per heavy atom. The van der Waals surface area contributed by atoms with E-state index in [4.69, 9.17) is 5.11 Å². The van der Waals surface area contributed by atoms with Crippen LogP contribution in [0.1, 0.15) is 44.3 Å². The average Bonchev–Trinajstić information content (AvgIpc) is 3.06. The van der Waals surface area contributed by atoms with Gasteiger partial charge in [-0.05, 0) is 32.6 Å². The van der Waals surface area contributed by atoms with E-state index in [0.717, 1.165) is 44.7 Å². The Bertz CT molecular complexity index is 644. The molecule has 0 unspecified atom stereocenters. The van der Waals surface area contributed by atoms with Crippen LogP contribution in [0.25, 0.3) is 0 Å². The molecule has 2 amide bonds. The molecule has 1 N–H and O–H groups in total. The van der Waals surface area contributed by atoms with E-state index < -0.39 is 0 Å². The zero-order valence-corrected chi connectivity index (χ0v) is 15.7. The van der Waals surface area contributed by atoms with E-state index in [0.29, 0.717) is 32.4 Å². The SMILES string of the molecule is Cc1nccn1CCC(=O)N1CCC[C@]2(CCC(=O)N(CCCO)C2)C1. The number of aromatic nitrogens is 2. The number of carbonyl (C=O) groups excluding carboxylic acids is 2. The monoisotopic (exact) mass is 362 g/mol. The average molecular weight is 362 g/mol. The highest BCUT2D eigenvalue weighted by molar-refractivity contribution is 5.78. The summed E-state index contributed by atoms with van der Waals surface area (Å²) >= 11 is 0. The molecular weight excluding hydrogens is 332 g/mol. The summed E-state index contributed by atoms with van der Waals surface area (Å²) in [5.74, 6) is 1.30. The highest BCUT2D eigenvalue weighted by atomic mass is 16.3. The minimum absolute atomic E-state index is 0.0300. The number of nitrogens with zero attached hydrogens (tertiary/aromatic N) is 4. The fourth-order valence-corrected chi connectivity index (χ4v) is 4.34. The third-order valence-electron chi connectivity index (χ3n) is 5.84. The van der Waals surface area contributed by atoms with E-state index in [1.165, 1.54) is 0 Å². The number of aliphatic hydroxyl groups is 1. The molecule has 2 saturated heterocycles. The second kappa shape index (κ2) is 8.20. The second-order valence-electron chi connectivity index (χ2n) is 7.73. The van der Waals surface area contributed by atoms with Crippen molar-refractivity contribution >= 4 is 11.8 Å². The lowest BCUT2D eigenvalue weighted by atomic mass is 9.73. The van der Waals surface area contributed by atoms with E-state index >= 15 is 0 Å². The molecule has 7 heteroatoms. The summed E-state index contributed by atoms with van der Waals surface area (Å²) in [6, 6.07) is 0. The molecule has 0 radical (unpaired) electrons. The fraction of sp³-hybridized carbons (Fsp3) is 0.737. The van der Waals surface area contributed by atoms with Crippen LogP contribution in [0.5, 0.6) is 0 Å². The lowest BCUT2D eigenvalue weighted by Gasteiger charge is -2.48. The van der Waals surface area contributed by atoms with Crippen molar-refractivity contribution in [2.45, 2.75) is 52.0 Å². The summed E-state index contributed by atoms with van der Waals surface area (Å²) in [4.78, 5) is 33.0. The molecule has 0 bridgehead atoms. The lowest BCUT2D eigenvalue weighted by Crippen LogP contribution is -2.55. The van der Waals surface area contributed by atoms with Crippen LogP contribution in [0.4, 0.5) is 0 Å². The fourth-order valence-electron chi connectivity index (χ4n) is 4.34. The van der Waals surface area contributed by atoms with Gasteiger partial charge >= 0.3 is 0 Å². The molecule has 2 fully saturated rings. The summed E-state index contributed by atoms with van der Waals surface area (Å²) in [6.07, 6.45) is 8.27. The number of piperidine rings is 2. The number of hydrogen-bond donors (Lipinski definition) is 1. The summed E-state index contributed by atoms with van der Waals surface area (Å²) in [5.41, 5.74) is 0.0300. The van der Waals surface area contributed by atoms with Crippen molar-refractivity contribution < 1.29 is 14.7 Å². The van der Waals surface area contributed by atoms with Crippen molar-refractivity contribution in [2.24, 2.45) is 5.41 Å². The minimum atomic E-state index is 0.0300. The van der Waals surface area contributed by atoms with Crippen LogP contribution in [0.3, 0.4) is 0 Å². The van der Waals surface area contributed by atoms with Crippen molar-refractivity contribution in [2.75, 3.05) is 32.8 Å². The van der Waals surface area contributed by atoms with Crippen molar-refractivity contribution in [3.8, 4) is 0 Å². The lowest BCUT2D eigenvalue weighted by molar-refractivity contribution is -0.143. The van der Waals surface area contributed by atoms with E-state index in [9.17, 15) is 9.59 Å². The number of likely N-dealkylation sites (tertiary alicyclic amines) is 2. The number of rotatable bonds is 6. The number of aliphatic hydroxyl groups excluding tert-OH is 1. The Labute approximate surface area is 155 Å². The van der Waals surface area contributed by atoms with E-state index in [2.05, 4.69) is 4.98 Å². The first-order chi connectivity index (χ1) is 12.5. The Morgan fingerprint density at radius 1 is 1.31 bits per heavy atom. The molecule has 1 spiro atoms. The summed E-state index contributed by atoms with van der Waals surface area (Å²) in [5, 5.41) is 9.06. The van der Waals surface area contributed by atoms with Crippen LogP contribution in [-0.4, -0.2) is 69.1 Å².